The Bertz CT molecular complexity index is 272. The molecule has 5 nitrogen and oxygen atoms in total. The average molecular weight is 259 g/mol. The van der Waals surface area contributed by atoms with Crippen molar-refractivity contribution in [2.24, 2.45) is 0 Å². The molecule has 0 aromatic carbocycles. The summed E-state index contributed by atoms with van der Waals surface area (Å²) in [6.07, 6.45) is 2.91. The van der Waals surface area contributed by atoms with E-state index in [0.717, 1.165) is 19.4 Å². The molecule has 1 saturated carbocycles. The number of ether oxygens (including phenoxy) is 2. The van der Waals surface area contributed by atoms with E-state index in [0.29, 0.717) is 19.4 Å². The summed E-state index contributed by atoms with van der Waals surface area (Å²) in [5.41, 5.74) is -0.798. The first-order valence-corrected chi connectivity index (χ1v) is 6.67. The van der Waals surface area contributed by atoms with E-state index in [2.05, 4.69) is 5.32 Å². The number of methoxy groups -OCH3 is 1. The first-order chi connectivity index (χ1) is 8.54. The van der Waals surface area contributed by atoms with Crippen LogP contribution in [0.4, 0.5) is 0 Å². The molecule has 0 aliphatic heterocycles. The normalized spacial score (nSPS) is 29.4. The van der Waals surface area contributed by atoms with Crippen molar-refractivity contribution in [1.29, 1.82) is 0 Å². The van der Waals surface area contributed by atoms with Crippen LogP contribution in [-0.2, 0) is 14.3 Å². The molecule has 0 heterocycles. The second-order valence-corrected chi connectivity index (χ2v) is 5.08. The van der Waals surface area contributed by atoms with Crippen LogP contribution >= 0.6 is 0 Å². The van der Waals surface area contributed by atoms with Gasteiger partial charge in [0.15, 0.2) is 0 Å². The van der Waals surface area contributed by atoms with Gasteiger partial charge in [0.05, 0.1) is 18.8 Å². The summed E-state index contributed by atoms with van der Waals surface area (Å²) >= 11 is 0. The van der Waals surface area contributed by atoms with Crippen molar-refractivity contribution in [2.75, 3.05) is 20.3 Å². The molecule has 0 saturated heterocycles. The Balaban J connectivity index is 2.51. The maximum Gasteiger partial charge on any atom is 0.323 e. The smallest absolute Gasteiger partial charge is 0.323 e. The van der Waals surface area contributed by atoms with Gasteiger partial charge >= 0.3 is 5.97 Å². The highest BCUT2D eigenvalue weighted by molar-refractivity contribution is 5.79. The Kier molecular flexibility index (Phi) is 6.05. The number of rotatable bonds is 8. The number of carbonyl (C=O) groups is 1. The molecule has 18 heavy (non-hydrogen) atoms. The molecule has 106 valence electrons. The zero-order valence-electron chi connectivity index (χ0n) is 11.6. The Hall–Kier alpha value is -0.650. The van der Waals surface area contributed by atoms with Crippen molar-refractivity contribution >= 4 is 5.97 Å². The van der Waals surface area contributed by atoms with Gasteiger partial charge in [0, 0.05) is 13.5 Å². The number of carboxylic acid groups (broad SMARTS) is 1. The minimum atomic E-state index is -0.798. The van der Waals surface area contributed by atoms with Crippen molar-refractivity contribution in [3.05, 3.63) is 0 Å². The quantitative estimate of drug-likeness (QED) is 0.690. The summed E-state index contributed by atoms with van der Waals surface area (Å²) < 4.78 is 10.8. The summed E-state index contributed by atoms with van der Waals surface area (Å²) in [6, 6.07) is 0. The van der Waals surface area contributed by atoms with Crippen molar-refractivity contribution in [3.63, 3.8) is 0 Å². The lowest BCUT2D eigenvalue weighted by Gasteiger charge is -2.26. The lowest BCUT2D eigenvalue weighted by Crippen LogP contribution is -2.50. The van der Waals surface area contributed by atoms with Gasteiger partial charge in [0.2, 0.25) is 0 Å². The SMILES string of the molecule is CCCNC1(C(=O)O)CCC(OC(C)COC)C1. The number of nitrogens with one attached hydrogen (secondary N) is 1. The van der Waals surface area contributed by atoms with Crippen LogP contribution in [0, 0.1) is 0 Å². The standard InChI is InChI=1S/C13H25NO4/c1-4-7-14-13(12(15)16)6-5-11(8-13)18-10(2)9-17-3/h10-11,14H,4-9H2,1-3H3,(H,15,16). The molecular weight excluding hydrogens is 234 g/mol. The molecule has 1 rings (SSSR count). The molecule has 3 atom stereocenters. The largest absolute Gasteiger partial charge is 0.480 e. The molecule has 1 aliphatic rings. The van der Waals surface area contributed by atoms with E-state index in [4.69, 9.17) is 9.47 Å². The van der Waals surface area contributed by atoms with E-state index in [9.17, 15) is 9.90 Å². The molecule has 0 amide bonds. The van der Waals surface area contributed by atoms with Gasteiger partial charge < -0.3 is 19.9 Å². The molecule has 0 aromatic rings. The third kappa shape index (κ3) is 3.93. The highest BCUT2D eigenvalue weighted by Crippen LogP contribution is 2.33. The predicted molar refractivity (Wildman–Crippen MR) is 68.7 cm³/mol. The fourth-order valence-corrected chi connectivity index (χ4v) is 2.51. The fourth-order valence-electron chi connectivity index (χ4n) is 2.51. The fraction of sp³-hybridized carbons (Fsp3) is 0.923. The highest BCUT2D eigenvalue weighted by atomic mass is 16.5. The number of hydrogen-bond donors (Lipinski definition) is 2. The van der Waals surface area contributed by atoms with Crippen LogP contribution in [0.25, 0.3) is 0 Å². The molecule has 0 radical (unpaired) electrons. The maximum absolute atomic E-state index is 11.4. The number of aliphatic carboxylic acids is 1. The predicted octanol–water partition coefficient (Wildman–Crippen LogP) is 1.41. The summed E-state index contributed by atoms with van der Waals surface area (Å²) in [5.74, 6) is -0.763. The van der Waals surface area contributed by atoms with Crippen LogP contribution in [0.2, 0.25) is 0 Å². The summed E-state index contributed by atoms with van der Waals surface area (Å²) in [6.45, 7) is 5.25. The Morgan fingerprint density at radius 1 is 1.61 bits per heavy atom. The average Bonchev–Trinajstić information content (AvgIpc) is 2.71. The number of hydrogen-bond acceptors (Lipinski definition) is 4. The minimum Gasteiger partial charge on any atom is -0.480 e. The van der Waals surface area contributed by atoms with Gasteiger partial charge in [-0.15, -0.1) is 0 Å². The maximum atomic E-state index is 11.4. The van der Waals surface area contributed by atoms with Gasteiger partial charge in [0.25, 0.3) is 0 Å². The lowest BCUT2D eigenvalue weighted by atomic mass is 9.97. The van der Waals surface area contributed by atoms with E-state index in [1.165, 1.54) is 0 Å². The molecule has 3 unspecified atom stereocenters. The first kappa shape index (κ1) is 15.4. The third-order valence-corrected chi connectivity index (χ3v) is 3.42. The summed E-state index contributed by atoms with van der Waals surface area (Å²) in [7, 11) is 1.64. The van der Waals surface area contributed by atoms with Gasteiger partial charge in [-0.3, -0.25) is 4.79 Å². The topological polar surface area (TPSA) is 67.8 Å². The minimum absolute atomic E-state index is 0.00982. The van der Waals surface area contributed by atoms with Gasteiger partial charge in [-0.1, -0.05) is 6.92 Å². The summed E-state index contributed by atoms with van der Waals surface area (Å²) in [5, 5.41) is 12.6. The molecule has 1 aliphatic carbocycles. The van der Waals surface area contributed by atoms with Crippen LogP contribution < -0.4 is 5.32 Å². The zero-order chi connectivity index (χ0) is 13.6. The molecule has 0 spiro atoms. The third-order valence-electron chi connectivity index (χ3n) is 3.42. The van der Waals surface area contributed by atoms with E-state index in [1.54, 1.807) is 7.11 Å². The van der Waals surface area contributed by atoms with E-state index < -0.39 is 11.5 Å². The van der Waals surface area contributed by atoms with Crippen LogP contribution in [0.3, 0.4) is 0 Å². The van der Waals surface area contributed by atoms with Gasteiger partial charge in [-0.25, -0.2) is 0 Å². The van der Waals surface area contributed by atoms with Crippen molar-refractivity contribution in [3.8, 4) is 0 Å². The highest BCUT2D eigenvalue weighted by Gasteiger charge is 2.45. The molecule has 0 aromatic heterocycles. The molecule has 1 fully saturated rings. The molecule has 2 N–H and O–H groups in total. The van der Waals surface area contributed by atoms with Crippen molar-refractivity contribution < 1.29 is 19.4 Å². The Labute approximate surface area is 109 Å². The van der Waals surface area contributed by atoms with Gasteiger partial charge in [-0.05, 0) is 32.7 Å². The monoisotopic (exact) mass is 259 g/mol. The first-order valence-electron chi connectivity index (χ1n) is 6.67. The van der Waals surface area contributed by atoms with Crippen molar-refractivity contribution in [2.45, 2.75) is 57.3 Å². The van der Waals surface area contributed by atoms with Crippen LogP contribution in [0.5, 0.6) is 0 Å². The second-order valence-electron chi connectivity index (χ2n) is 5.08. The molecular formula is C13H25NO4. The van der Waals surface area contributed by atoms with E-state index >= 15 is 0 Å². The lowest BCUT2D eigenvalue weighted by molar-refractivity contribution is -0.145. The van der Waals surface area contributed by atoms with E-state index in [-0.39, 0.29) is 12.2 Å². The second kappa shape index (κ2) is 7.07. The van der Waals surface area contributed by atoms with E-state index in [1.807, 2.05) is 13.8 Å². The van der Waals surface area contributed by atoms with Crippen LogP contribution in [0.1, 0.15) is 39.5 Å². The molecule has 0 bridgehead atoms. The van der Waals surface area contributed by atoms with Gasteiger partial charge in [0.1, 0.15) is 5.54 Å². The molecule has 5 heteroatoms. The number of carboxylic acids is 1. The Morgan fingerprint density at radius 3 is 2.89 bits per heavy atom. The van der Waals surface area contributed by atoms with Crippen LogP contribution in [-0.4, -0.2) is 49.1 Å². The van der Waals surface area contributed by atoms with Crippen molar-refractivity contribution in [1.82, 2.24) is 5.32 Å². The van der Waals surface area contributed by atoms with Gasteiger partial charge in [-0.2, -0.15) is 0 Å². The Morgan fingerprint density at radius 2 is 2.33 bits per heavy atom. The van der Waals surface area contributed by atoms with Crippen LogP contribution in [0.15, 0.2) is 0 Å². The summed E-state index contributed by atoms with van der Waals surface area (Å²) in [4.78, 5) is 11.4. The zero-order valence-corrected chi connectivity index (χ0v) is 11.6.